The highest BCUT2D eigenvalue weighted by Gasteiger charge is 2.23. The van der Waals surface area contributed by atoms with E-state index < -0.39 is 55.8 Å². The van der Waals surface area contributed by atoms with Gasteiger partial charge in [-0.05, 0) is 151 Å². The van der Waals surface area contributed by atoms with Crippen LogP contribution in [0.15, 0.2) is 117 Å². The summed E-state index contributed by atoms with van der Waals surface area (Å²) >= 11 is 4.23. The highest BCUT2D eigenvalue weighted by molar-refractivity contribution is 14.1. The highest BCUT2D eigenvalue weighted by atomic mass is 127. The summed E-state index contributed by atoms with van der Waals surface area (Å²) in [6.45, 7) is 11.9. The molecule has 360 valence electrons. The standard InChI is InChI=1S/2C23H23IN2O8/c2*1-15(16(2)24)14-21(34-23(28)18-7-11-20(12-8-18)26(31)32)4-3-13-33-22(27)17-5-9-19(10-6-17)25(29)30/h2*5-12,15,21H,2-4,13-14H2,1H3/t2*15-,21-/m11/s1. The zero-order valence-electron chi connectivity index (χ0n) is 36.7. The van der Waals surface area contributed by atoms with Crippen LogP contribution in [0.25, 0.3) is 0 Å². The van der Waals surface area contributed by atoms with Crippen molar-refractivity contribution in [3.05, 3.63) is 180 Å². The van der Waals surface area contributed by atoms with Gasteiger partial charge in [0.1, 0.15) is 12.2 Å². The van der Waals surface area contributed by atoms with Crippen molar-refractivity contribution in [2.24, 2.45) is 11.8 Å². The fraction of sp³-hybridized carbons (Fsp3) is 0.304. The molecule has 4 aromatic rings. The first kappa shape index (κ1) is 55.6. The number of rotatable bonds is 24. The molecular formula is C46H46I2N4O16. The molecule has 0 fully saturated rings. The summed E-state index contributed by atoms with van der Waals surface area (Å²) in [5.41, 5.74) is 0.279. The van der Waals surface area contributed by atoms with Crippen LogP contribution < -0.4 is 0 Å². The molecule has 0 N–H and O–H groups in total. The second kappa shape index (κ2) is 27.8. The lowest BCUT2D eigenvalue weighted by atomic mass is 10.0. The van der Waals surface area contributed by atoms with Gasteiger partial charge >= 0.3 is 23.9 Å². The normalized spacial score (nSPS) is 12.3. The second-order valence-electron chi connectivity index (χ2n) is 15.0. The molecule has 0 spiro atoms. The van der Waals surface area contributed by atoms with Crippen LogP contribution >= 0.6 is 45.2 Å². The van der Waals surface area contributed by atoms with Crippen molar-refractivity contribution in [3.8, 4) is 0 Å². The van der Waals surface area contributed by atoms with Crippen LogP contribution in [0.1, 0.15) is 93.8 Å². The van der Waals surface area contributed by atoms with Gasteiger partial charge < -0.3 is 18.9 Å². The fourth-order valence-corrected chi connectivity index (χ4v) is 6.44. The van der Waals surface area contributed by atoms with Gasteiger partial charge in [-0.15, -0.1) is 0 Å². The van der Waals surface area contributed by atoms with Crippen molar-refractivity contribution in [1.82, 2.24) is 0 Å². The molecule has 4 rings (SSSR count). The highest BCUT2D eigenvalue weighted by Crippen LogP contribution is 2.27. The Hall–Kier alpha value is -6.70. The molecule has 0 aliphatic rings. The van der Waals surface area contributed by atoms with Crippen LogP contribution in [-0.2, 0) is 18.9 Å². The van der Waals surface area contributed by atoms with Gasteiger partial charge in [-0.2, -0.15) is 0 Å². The summed E-state index contributed by atoms with van der Waals surface area (Å²) in [7, 11) is 0. The summed E-state index contributed by atoms with van der Waals surface area (Å²) in [5.74, 6) is -2.29. The number of benzene rings is 4. The van der Waals surface area contributed by atoms with E-state index in [1.54, 1.807) is 0 Å². The first-order chi connectivity index (χ1) is 32.2. The van der Waals surface area contributed by atoms with Crippen molar-refractivity contribution in [2.75, 3.05) is 13.2 Å². The minimum atomic E-state index is -0.608. The molecule has 0 aliphatic carbocycles. The Morgan fingerprint density at radius 3 is 0.926 bits per heavy atom. The van der Waals surface area contributed by atoms with Gasteiger partial charge in [0.2, 0.25) is 0 Å². The van der Waals surface area contributed by atoms with Gasteiger partial charge in [0, 0.05) is 48.5 Å². The van der Waals surface area contributed by atoms with E-state index in [2.05, 4.69) is 58.3 Å². The molecule has 0 aliphatic heterocycles. The van der Waals surface area contributed by atoms with E-state index >= 15 is 0 Å². The number of nitrogens with zero attached hydrogens (tertiary/aromatic N) is 4. The zero-order chi connectivity index (χ0) is 50.5. The Bertz CT molecular complexity index is 2280. The molecule has 4 aromatic carbocycles. The number of carbonyl (C=O) groups is 4. The minimum Gasteiger partial charge on any atom is -0.462 e. The van der Waals surface area contributed by atoms with Gasteiger partial charge in [0.05, 0.1) is 55.2 Å². The van der Waals surface area contributed by atoms with E-state index in [4.69, 9.17) is 18.9 Å². The lowest BCUT2D eigenvalue weighted by molar-refractivity contribution is -0.385. The van der Waals surface area contributed by atoms with Crippen molar-refractivity contribution < 1.29 is 57.8 Å². The largest absolute Gasteiger partial charge is 0.462 e. The third-order valence-electron chi connectivity index (χ3n) is 9.91. The molecule has 0 saturated carbocycles. The summed E-state index contributed by atoms with van der Waals surface area (Å²) in [6, 6.07) is 20.5. The predicted molar refractivity (Wildman–Crippen MR) is 264 cm³/mol. The van der Waals surface area contributed by atoms with Crippen molar-refractivity contribution in [1.29, 1.82) is 0 Å². The van der Waals surface area contributed by atoms with Crippen LogP contribution in [0, 0.1) is 52.3 Å². The maximum atomic E-state index is 12.5. The summed E-state index contributed by atoms with van der Waals surface area (Å²) in [6.07, 6.45) is 1.72. The fourth-order valence-electron chi connectivity index (χ4n) is 5.93. The number of esters is 4. The van der Waals surface area contributed by atoms with E-state index in [9.17, 15) is 59.6 Å². The molecule has 0 bridgehead atoms. The molecule has 0 saturated heterocycles. The van der Waals surface area contributed by atoms with Crippen LogP contribution in [0.5, 0.6) is 0 Å². The summed E-state index contributed by atoms with van der Waals surface area (Å²) in [4.78, 5) is 90.1. The number of halogens is 2. The molecule has 22 heteroatoms. The van der Waals surface area contributed by atoms with Crippen LogP contribution in [0.3, 0.4) is 0 Å². The van der Waals surface area contributed by atoms with Crippen molar-refractivity contribution >= 4 is 91.8 Å². The maximum absolute atomic E-state index is 12.5. The monoisotopic (exact) mass is 1160 g/mol. The number of hydrogen-bond acceptors (Lipinski definition) is 16. The number of hydrogen-bond donors (Lipinski definition) is 0. The van der Waals surface area contributed by atoms with E-state index in [0.29, 0.717) is 38.5 Å². The van der Waals surface area contributed by atoms with Crippen LogP contribution in [0.2, 0.25) is 0 Å². The van der Waals surface area contributed by atoms with Crippen LogP contribution in [-0.4, -0.2) is 69.0 Å². The Labute approximate surface area is 416 Å². The molecule has 0 heterocycles. The average molecular weight is 1160 g/mol. The Kier molecular flexibility index (Phi) is 22.8. The number of nitro benzene ring substituents is 4. The molecule has 20 nitrogen and oxygen atoms in total. The van der Waals surface area contributed by atoms with E-state index in [1.807, 2.05) is 13.8 Å². The smallest absolute Gasteiger partial charge is 0.338 e. The molecule has 0 aromatic heterocycles. The van der Waals surface area contributed by atoms with Gasteiger partial charge in [0.15, 0.2) is 0 Å². The Morgan fingerprint density at radius 1 is 0.471 bits per heavy atom. The third kappa shape index (κ3) is 18.9. The zero-order valence-corrected chi connectivity index (χ0v) is 41.0. The molecule has 4 atom stereocenters. The van der Waals surface area contributed by atoms with Gasteiger partial charge in [-0.25, -0.2) is 19.2 Å². The van der Waals surface area contributed by atoms with E-state index in [0.717, 1.165) is 7.16 Å². The SMILES string of the molecule is C=C(I)[C@H](C)C[C@@H](CCCOC(=O)c1ccc([N+](=O)[O-])cc1)OC(=O)c1ccc([N+](=O)[O-])cc1.C=C(I)[C@H](C)C[C@@H](CCCOC(=O)c1ccc([N+](=O)[O-])cc1)OC(=O)c1ccc([N+](=O)[O-])cc1. The van der Waals surface area contributed by atoms with Crippen molar-refractivity contribution in [3.63, 3.8) is 0 Å². The number of allylic oxidation sites excluding steroid dienone is 2. The van der Waals surface area contributed by atoms with Gasteiger partial charge in [0.25, 0.3) is 22.7 Å². The second-order valence-corrected chi connectivity index (χ2v) is 17.8. The first-order valence-electron chi connectivity index (χ1n) is 20.6. The quantitative estimate of drug-likeness (QED) is 0.0157. The number of carbonyl (C=O) groups excluding carboxylic acids is 4. The maximum Gasteiger partial charge on any atom is 0.338 e. The molecule has 0 unspecified atom stereocenters. The molecule has 68 heavy (non-hydrogen) atoms. The van der Waals surface area contributed by atoms with E-state index in [-0.39, 0.29) is 70.1 Å². The number of ether oxygens (including phenoxy) is 4. The number of nitro groups is 4. The lowest BCUT2D eigenvalue weighted by Crippen LogP contribution is -2.22. The molecular weight excluding hydrogens is 1120 g/mol. The molecule has 0 amide bonds. The topological polar surface area (TPSA) is 278 Å². The van der Waals surface area contributed by atoms with Gasteiger partial charge in [-0.1, -0.05) is 27.0 Å². The summed E-state index contributed by atoms with van der Waals surface area (Å²) in [5, 5.41) is 43.0. The molecule has 0 radical (unpaired) electrons. The minimum absolute atomic E-state index is 0.0675. The third-order valence-corrected chi connectivity index (χ3v) is 12.0. The Balaban J connectivity index is 0.000000360. The first-order valence-corrected chi connectivity index (χ1v) is 22.7. The average Bonchev–Trinajstić information content (AvgIpc) is 3.31. The van der Waals surface area contributed by atoms with Crippen LogP contribution in [0.4, 0.5) is 22.7 Å². The Morgan fingerprint density at radius 2 is 0.706 bits per heavy atom. The van der Waals surface area contributed by atoms with E-state index in [1.165, 1.54) is 97.1 Å². The summed E-state index contributed by atoms with van der Waals surface area (Å²) < 4.78 is 23.5. The number of non-ortho nitro benzene ring substituents is 4. The predicted octanol–water partition coefficient (Wildman–Crippen LogP) is 11.3. The van der Waals surface area contributed by atoms with Gasteiger partial charge in [-0.3, -0.25) is 40.5 Å². The lowest BCUT2D eigenvalue weighted by Gasteiger charge is -2.21. The van der Waals surface area contributed by atoms with Crippen molar-refractivity contribution in [2.45, 2.75) is 64.6 Å².